The molecule has 1 aromatic carbocycles. The van der Waals surface area contributed by atoms with E-state index in [1.807, 2.05) is 6.07 Å². The summed E-state index contributed by atoms with van der Waals surface area (Å²) >= 11 is 0. The van der Waals surface area contributed by atoms with Crippen molar-refractivity contribution in [3.8, 4) is 6.07 Å². The van der Waals surface area contributed by atoms with Crippen LogP contribution >= 0.6 is 0 Å². The highest BCUT2D eigenvalue weighted by molar-refractivity contribution is 5.68. The first kappa shape index (κ1) is 17.9. The molecule has 2 rings (SSSR count). The van der Waals surface area contributed by atoms with Crippen molar-refractivity contribution in [1.29, 1.82) is 5.26 Å². The Morgan fingerprint density at radius 2 is 2.00 bits per heavy atom. The van der Waals surface area contributed by atoms with Crippen LogP contribution in [0.25, 0.3) is 0 Å². The van der Waals surface area contributed by atoms with Gasteiger partial charge in [-0.2, -0.15) is 5.26 Å². The molecular weight excluding hydrogens is 304 g/mol. The zero-order valence-corrected chi connectivity index (χ0v) is 14.6. The lowest BCUT2D eigenvalue weighted by Gasteiger charge is -2.47. The van der Waals surface area contributed by atoms with E-state index < -0.39 is 11.7 Å². The molecule has 1 aromatic rings. The molecule has 6 heteroatoms. The fraction of sp³-hybridized carbons (Fsp3) is 0.556. The molecule has 6 nitrogen and oxygen atoms in total. The van der Waals surface area contributed by atoms with Crippen molar-refractivity contribution in [1.82, 2.24) is 0 Å². The van der Waals surface area contributed by atoms with Crippen molar-refractivity contribution in [2.45, 2.75) is 58.1 Å². The smallest absolute Gasteiger partial charge is 0.405 e. The molecule has 0 saturated heterocycles. The monoisotopic (exact) mass is 330 g/mol. The predicted molar refractivity (Wildman–Crippen MR) is 94.3 cm³/mol. The normalized spacial score (nSPS) is 24.0. The van der Waals surface area contributed by atoms with Gasteiger partial charge in [-0.15, -0.1) is 0 Å². The van der Waals surface area contributed by atoms with Gasteiger partial charge >= 0.3 is 6.09 Å². The molecule has 0 aliphatic heterocycles. The van der Waals surface area contributed by atoms with Crippen LogP contribution in [0.15, 0.2) is 18.2 Å². The third-order valence-electron chi connectivity index (χ3n) is 5.00. The first-order valence-corrected chi connectivity index (χ1v) is 8.21. The number of rotatable bonds is 3. The van der Waals surface area contributed by atoms with Crippen molar-refractivity contribution in [2.75, 3.05) is 11.1 Å². The molecule has 0 heterocycles. The predicted octanol–water partition coefficient (Wildman–Crippen LogP) is 3.38. The lowest BCUT2D eigenvalue weighted by molar-refractivity contribution is -0.0904. The van der Waals surface area contributed by atoms with Gasteiger partial charge < -0.3 is 21.5 Å². The standard InChI is InChI=1S/C18H26N4O2/c1-17(2,3)18(24-16(21)23)8-6-13(7-9-18)22-15-5-4-12(11-19)10-14(15)20/h4-5,10,13,22H,6-9,20H2,1-3H3,(H2,21,23)/t13-,18-. The number of nitriles is 1. The van der Waals surface area contributed by atoms with E-state index in [0.717, 1.165) is 31.4 Å². The summed E-state index contributed by atoms with van der Waals surface area (Å²) in [7, 11) is 0. The van der Waals surface area contributed by atoms with Crippen LogP contribution in [-0.2, 0) is 4.74 Å². The minimum atomic E-state index is -0.715. The zero-order valence-electron chi connectivity index (χ0n) is 14.6. The van der Waals surface area contributed by atoms with Gasteiger partial charge in [-0.3, -0.25) is 0 Å². The number of nitrogen functional groups attached to an aromatic ring is 1. The van der Waals surface area contributed by atoms with Gasteiger partial charge in [0.2, 0.25) is 0 Å². The van der Waals surface area contributed by atoms with Crippen LogP contribution in [0.3, 0.4) is 0 Å². The molecular formula is C18H26N4O2. The molecule has 0 aromatic heterocycles. The van der Waals surface area contributed by atoms with E-state index in [4.69, 9.17) is 21.5 Å². The first-order chi connectivity index (χ1) is 11.2. The average Bonchev–Trinajstić information content (AvgIpc) is 2.49. The van der Waals surface area contributed by atoms with E-state index in [1.54, 1.807) is 12.1 Å². The molecule has 0 spiro atoms. The summed E-state index contributed by atoms with van der Waals surface area (Å²) in [5.74, 6) is 0. The topological polar surface area (TPSA) is 114 Å². The summed E-state index contributed by atoms with van der Waals surface area (Å²) in [5, 5.41) is 12.3. The quantitative estimate of drug-likeness (QED) is 0.735. The van der Waals surface area contributed by atoms with E-state index in [9.17, 15) is 4.79 Å². The van der Waals surface area contributed by atoms with Gasteiger partial charge in [0.25, 0.3) is 0 Å². The van der Waals surface area contributed by atoms with Gasteiger partial charge in [-0.05, 0) is 43.9 Å². The minimum Gasteiger partial charge on any atom is -0.443 e. The Balaban J connectivity index is 2.06. The van der Waals surface area contributed by atoms with Crippen molar-refractivity contribution < 1.29 is 9.53 Å². The number of ether oxygens (including phenoxy) is 1. The summed E-state index contributed by atoms with van der Waals surface area (Å²) in [6.07, 6.45) is 2.47. The summed E-state index contributed by atoms with van der Waals surface area (Å²) < 4.78 is 5.55. The number of amides is 1. The minimum absolute atomic E-state index is 0.180. The maximum atomic E-state index is 11.3. The van der Waals surface area contributed by atoms with Crippen LogP contribution < -0.4 is 16.8 Å². The number of primary amides is 1. The molecule has 0 radical (unpaired) electrons. The van der Waals surface area contributed by atoms with Gasteiger partial charge in [0.1, 0.15) is 5.60 Å². The Morgan fingerprint density at radius 3 is 2.46 bits per heavy atom. The van der Waals surface area contributed by atoms with Crippen LogP contribution in [0.5, 0.6) is 0 Å². The van der Waals surface area contributed by atoms with Crippen molar-refractivity contribution in [2.24, 2.45) is 11.1 Å². The fourth-order valence-corrected chi connectivity index (χ4v) is 3.41. The number of nitrogens with two attached hydrogens (primary N) is 2. The molecule has 0 atom stereocenters. The van der Waals surface area contributed by atoms with Crippen molar-refractivity contribution in [3.63, 3.8) is 0 Å². The lowest BCUT2D eigenvalue weighted by Crippen LogP contribution is -2.51. The summed E-state index contributed by atoms with van der Waals surface area (Å²) in [6.45, 7) is 6.22. The van der Waals surface area contributed by atoms with Crippen LogP contribution in [-0.4, -0.2) is 17.7 Å². The number of carbonyl (C=O) groups is 1. The van der Waals surface area contributed by atoms with Gasteiger partial charge in [0, 0.05) is 11.5 Å². The van der Waals surface area contributed by atoms with E-state index >= 15 is 0 Å². The molecule has 1 fully saturated rings. The Labute approximate surface area is 143 Å². The second-order valence-corrected chi connectivity index (χ2v) is 7.50. The summed E-state index contributed by atoms with van der Waals surface area (Å²) in [4.78, 5) is 11.3. The highest BCUT2D eigenvalue weighted by Gasteiger charge is 2.47. The maximum absolute atomic E-state index is 11.3. The Bertz CT molecular complexity index is 650. The SMILES string of the molecule is CC(C)(C)[C@]1(OC(N)=O)CC[C@H](Nc2ccc(C#N)cc2N)CC1. The molecule has 24 heavy (non-hydrogen) atoms. The molecule has 130 valence electrons. The van der Waals surface area contributed by atoms with Crippen molar-refractivity contribution in [3.05, 3.63) is 23.8 Å². The Hall–Kier alpha value is -2.42. The van der Waals surface area contributed by atoms with E-state index in [2.05, 4.69) is 32.2 Å². The molecule has 1 saturated carbocycles. The third kappa shape index (κ3) is 3.73. The molecule has 5 N–H and O–H groups in total. The van der Waals surface area contributed by atoms with Crippen LogP contribution in [0.2, 0.25) is 0 Å². The van der Waals surface area contributed by atoms with E-state index in [1.165, 1.54) is 0 Å². The Kier molecular flexibility index (Phi) is 4.93. The number of benzene rings is 1. The molecule has 0 unspecified atom stereocenters. The van der Waals surface area contributed by atoms with Gasteiger partial charge in [-0.25, -0.2) is 4.79 Å². The molecule has 0 bridgehead atoms. The number of nitrogens with zero attached hydrogens (tertiary/aromatic N) is 1. The maximum Gasteiger partial charge on any atom is 0.405 e. The second kappa shape index (κ2) is 6.60. The van der Waals surface area contributed by atoms with E-state index in [0.29, 0.717) is 11.3 Å². The Morgan fingerprint density at radius 1 is 1.38 bits per heavy atom. The van der Waals surface area contributed by atoms with Crippen molar-refractivity contribution >= 4 is 17.5 Å². The highest BCUT2D eigenvalue weighted by atomic mass is 16.6. The first-order valence-electron chi connectivity index (χ1n) is 8.21. The van der Waals surface area contributed by atoms with Crippen LogP contribution in [0.1, 0.15) is 52.0 Å². The molecule has 1 aliphatic rings. The zero-order chi connectivity index (χ0) is 18.0. The molecule has 1 aliphatic carbocycles. The summed E-state index contributed by atoms with van der Waals surface area (Å²) in [6, 6.07) is 7.57. The average molecular weight is 330 g/mol. The van der Waals surface area contributed by atoms with Crippen LogP contribution in [0, 0.1) is 16.7 Å². The fourth-order valence-electron chi connectivity index (χ4n) is 3.41. The number of hydrogen-bond donors (Lipinski definition) is 3. The third-order valence-corrected chi connectivity index (χ3v) is 5.00. The largest absolute Gasteiger partial charge is 0.443 e. The number of carbonyl (C=O) groups excluding carboxylic acids is 1. The van der Waals surface area contributed by atoms with Crippen LogP contribution in [0.4, 0.5) is 16.2 Å². The van der Waals surface area contributed by atoms with Gasteiger partial charge in [0.15, 0.2) is 0 Å². The number of nitrogens with one attached hydrogen (secondary N) is 1. The highest BCUT2D eigenvalue weighted by Crippen LogP contribution is 2.45. The number of hydrogen-bond acceptors (Lipinski definition) is 5. The van der Waals surface area contributed by atoms with Gasteiger partial charge in [-0.1, -0.05) is 20.8 Å². The molecule has 1 amide bonds. The van der Waals surface area contributed by atoms with E-state index in [-0.39, 0.29) is 11.5 Å². The number of anilines is 2. The van der Waals surface area contributed by atoms with Gasteiger partial charge in [0.05, 0.1) is 23.0 Å². The summed E-state index contributed by atoms with van der Waals surface area (Å²) in [5.41, 5.74) is 12.5. The lowest BCUT2D eigenvalue weighted by atomic mass is 9.67. The second-order valence-electron chi connectivity index (χ2n) is 7.50.